The Morgan fingerprint density at radius 2 is 1.67 bits per heavy atom. The minimum absolute atomic E-state index is 0.0280. The molecule has 0 aliphatic rings. The summed E-state index contributed by atoms with van der Waals surface area (Å²) in [6, 6.07) is 8.17. The zero-order chi connectivity index (χ0) is 24.9. The third-order valence-electron chi connectivity index (χ3n) is 4.86. The lowest BCUT2D eigenvalue weighted by Gasteiger charge is -2.32. The van der Waals surface area contributed by atoms with Gasteiger partial charge in [0.2, 0.25) is 21.8 Å². The number of likely N-dealkylation sites (N-methyl/N-ethyl adjacent to an activating group) is 1. The van der Waals surface area contributed by atoms with Gasteiger partial charge in [-0.05, 0) is 42.3 Å². The smallest absolute Gasteiger partial charge is 0.244 e. The Morgan fingerprint density at radius 3 is 2.18 bits per heavy atom. The number of halogens is 4. The Kier molecular flexibility index (Phi) is 9.70. The molecule has 2 aromatic rings. The van der Waals surface area contributed by atoms with Gasteiger partial charge in [0.1, 0.15) is 12.6 Å². The summed E-state index contributed by atoms with van der Waals surface area (Å²) in [5, 5.41) is 3.65. The van der Waals surface area contributed by atoms with Crippen molar-refractivity contribution < 1.29 is 18.0 Å². The lowest BCUT2D eigenvalue weighted by atomic mass is 10.1. The Hall–Kier alpha value is -1.71. The van der Waals surface area contributed by atoms with E-state index in [9.17, 15) is 18.0 Å². The Morgan fingerprint density at radius 1 is 1.00 bits per heavy atom. The summed E-state index contributed by atoms with van der Waals surface area (Å²) in [6.07, 6.45) is 1.27. The van der Waals surface area contributed by atoms with Gasteiger partial charge in [0.25, 0.3) is 0 Å². The number of amides is 2. The summed E-state index contributed by atoms with van der Waals surface area (Å²) in [7, 11) is -2.42. The van der Waals surface area contributed by atoms with Gasteiger partial charge in [0.05, 0.1) is 22.0 Å². The lowest BCUT2D eigenvalue weighted by Crippen LogP contribution is -2.51. The van der Waals surface area contributed by atoms with Crippen molar-refractivity contribution in [3.8, 4) is 0 Å². The van der Waals surface area contributed by atoms with E-state index in [0.29, 0.717) is 22.0 Å². The van der Waals surface area contributed by atoms with Crippen molar-refractivity contribution in [1.29, 1.82) is 0 Å². The summed E-state index contributed by atoms with van der Waals surface area (Å²) in [6.45, 7) is 1.16. The molecule has 33 heavy (non-hydrogen) atoms. The molecule has 0 saturated carbocycles. The van der Waals surface area contributed by atoms with Crippen molar-refractivity contribution in [2.75, 3.05) is 24.2 Å². The van der Waals surface area contributed by atoms with E-state index >= 15 is 0 Å². The van der Waals surface area contributed by atoms with Gasteiger partial charge in [-0.15, -0.1) is 0 Å². The van der Waals surface area contributed by atoms with E-state index in [-0.39, 0.29) is 22.3 Å². The van der Waals surface area contributed by atoms with Gasteiger partial charge < -0.3 is 10.2 Å². The van der Waals surface area contributed by atoms with Crippen LogP contribution in [0.4, 0.5) is 5.69 Å². The molecule has 2 amide bonds. The molecule has 2 rings (SSSR count). The molecule has 0 unspecified atom stereocenters. The molecule has 180 valence electrons. The van der Waals surface area contributed by atoms with E-state index in [4.69, 9.17) is 46.4 Å². The van der Waals surface area contributed by atoms with E-state index in [2.05, 4.69) is 5.32 Å². The highest BCUT2D eigenvalue weighted by Crippen LogP contribution is 2.29. The number of rotatable bonds is 9. The van der Waals surface area contributed by atoms with Gasteiger partial charge in [-0.3, -0.25) is 13.9 Å². The number of hydrogen-bond donors (Lipinski definition) is 1. The Bertz CT molecular complexity index is 1140. The van der Waals surface area contributed by atoms with Crippen molar-refractivity contribution in [2.45, 2.75) is 25.9 Å². The lowest BCUT2D eigenvalue weighted by molar-refractivity contribution is -0.140. The van der Waals surface area contributed by atoms with E-state index < -0.39 is 34.4 Å². The fourth-order valence-electron chi connectivity index (χ4n) is 3.17. The molecule has 0 aliphatic heterocycles. The van der Waals surface area contributed by atoms with Crippen molar-refractivity contribution in [2.24, 2.45) is 0 Å². The summed E-state index contributed by atoms with van der Waals surface area (Å²) < 4.78 is 26.0. The molecular formula is C21H23Cl4N3O4S. The number of nitrogens with one attached hydrogen (secondary N) is 1. The van der Waals surface area contributed by atoms with E-state index in [1.165, 1.54) is 36.2 Å². The van der Waals surface area contributed by atoms with Gasteiger partial charge in [-0.2, -0.15) is 0 Å². The summed E-state index contributed by atoms with van der Waals surface area (Å²) in [4.78, 5) is 27.3. The zero-order valence-electron chi connectivity index (χ0n) is 18.1. The molecule has 0 saturated heterocycles. The number of sulfonamides is 1. The van der Waals surface area contributed by atoms with Crippen LogP contribution in [0.2, 0.25) is 20.1 Å². The maximum Gasteiger partial charge on any atom is 0.244 e. The highest BCUT2D eigenvalue weighted by Gasteiger charge is 2.31. The van der Waals surface area contributed by atoms with Crippen molar-refractivity contribution >= 4 is 73.9 Å². The first-order valence-electron chi connectivity index (χ1n) is 9.76. The van der Waals surface area contributed by atoms with Crippen LogP contribution in [0, 0.1) is 0 Å². The van der Waals surface area contributed by atoms with E-state index in [1.54, 1.807) is 19.1 Å². The van der Waals surface area contributed by atoms with Crippen LogP contribution in [0.3, 0.4) is 0 Å². The third kappa shape index (κ3) is 7.13. The first kappa shape index (κ1) is 27.5. The number of hydrogen-bond acceptors (Lipinski definition) is 4. The largest absolute Gasteiger partial charge is 0.357 e. The molecule has 0 aliphatic carbocycles. The fraction of sp³-hybridized carbons (Fsp3) is 0.333. The molecule has 12 heteroatoms. The van der Waals surface area contributed by atoms with Crippen molar-refractivity contribution in [1.82, 2.24) is 10.2 Å². The summed E-state index contributed by atoms with van der Waals surface area (Å²) in [5.41, 5.74) is 0.718. The molecule has 0 aromatic heterocycles. The maximum atomic E-state index is 13.4. The van der Waals surface area contributed by atoms with Gasteiger partial charge in [-0.25, -0.2) is 8.42 Å². The molecule has 0 bridgehead atoms. The van der Waals surface area contributed by atoms with Crippen molar-refractivity contribution in [3.05, 3.63) is 62.1 Å². The predicted octanol–water partition coefficient (Wildman–Crippen LogP) is 4.62. The average Bonchev–Trinajstić information content (AvgIpc) is 2.74. The topological polar surface area (TPSA) is 86.8 Å². The van der Waals surface area contributed by atoms with Gasteiger partial charge >= 0.3 is 0 Å². The van der Waals surface area contributed by atoms with E-state index in [0.717, 1.165) is 10.6 Å². The predicted molar refractivity (Wildman–Crippen MR) is 134 cm³/mol. The number of benzene rings is 2. The van der Waals surface area contributed by atoms with E-state index in [1.807, 2.05) is 0 Å². The minimum Gasteiger partial charge on any atom is -0.357 e. The molecule has 1 atom stereocenters. The van der Waals surface area contributed by atoms with Gasteiger partial charge in [0.15, 0.2) is 0 Å². The molecule has 7 nitrogen and oxygen atoms in total. The average molecular weight is 555 g/mol. The number of anilines is 1. The van der Waals surface area contributed by atoms with Crippen LogP contribution in [0.1, 0.15) is 18.9 Å². The molecule has 2 aromatic carbocycles. The summed E-state index contributed by atoms with van der Waals surface area (Å²) >= 11 is 24.2. The van der Waals surface area contributed by atoms with Gasteiger partial charge in [-0.1, -0.05) is 59.4 Å². The van der Waals surface area contributed by atoms with Crippen LogP contribution in [0.5, 0.6) is 0 Å². The SMILES string of the molecule is CC[C@@H](C(=O)NC)N(Cc1ccc(Cl)cc1Cl)C(=O)CN(c1ccc(Cl)c(Cl)c1)S(C)(=O)=O. The first-order valence-corrected chi connectivity index (χ1v) is 13.1. The highest BCUT2D eigenvalue weighted by atomic mass is 35.5. The summed E-state index contributed by atoms with van der Waals surface area (Å²) in [5.74, 6) is -0.996. The van der Waals surface area contributed by atoms with Crippen LogP contribution in [-0.4, -0.2) is 51.0 Å². The van der Waals surface area contributed by atoms with Crippen LogP contribution in [0.15, 0.2) is 36.4 Å². The standard InChI is InChI=1S/C21H23Cl4N3O4S/c1-4-19(21(30)26-2)27(11-13-5-6-14(22)9-17(13)24)20(29)12-28(33(3,31)32)15-7-8-16(23)18(25)10-15/h5-10,19H,4,11-12H2,1-3H3,(H,26,30)/t19-/m0/s1. The Labute approximate surface area is 213 Å². The van der Waals surface area contributed by atoms with Gasteiger partial charge in [0, 0.05) is 23.6 Å². The quantitative estimate of drug-likeness (QED) is 0.490. The second kappa shape index (κ2) is 11.6. The fourth-order valence-corrected chi connectivity index (χ4v) is 4.78. The minimum atomic E-state index is -3.88. The van der Waals surface area contributed by atoms with Crippen LogP contribution < -0.4 is 9.62 Å². The molecular weight excluding hydrogens is 532 g/mol. The molecule has 0 fully saturated rings. The first-order chi connectivity index (χ1) is 15.4. The number of carbonyl (C=O) groups excluding carboxylic acids is 2. The monoisotopic (exact) mass is 553 g/mol. The third-order valence-corrected chi connectivity index (χ3v) is 7.33. The molecule has 0 spiro atoms. The maximum absolute atomic E-state index is 13.4. The number of carbonyl (C=O) groups is 2. The second-order valence-electron chi connectivity index (χ2n) is 7.16. The molecule has 0 radical (unpaired) electrons. The molecule has 0 heterocycles. The number of nitrogens with zero attached hydrogens (tertiary/aromatic N) is 2. The van der Waals surface area contributed by atoms with Crippen LogP contribution >= 0.6 is 46.4 Å². The van der Waals surface area contributed by atoms with Crippen LogP contribution in [-0.2, 0) is 26.2 Å². The van der Waals surface area contributed by atoms with Crippen LogP contribution in [0.25, 0.3) is 0 Å². The second-order valence-corrected chi connectivity index (χ2v) is 10.7. The highest BCUT2D eigenvalue weighted by molar-refractivity contribution is 7.92. The van der Waals surface area contributed by atoms with Crippen molar-refractivity contribution in [3.63, 3.8) is 0 Å². The normalized spacial score (nSPS) is 12.2. The molecule has 1 N–H and O–H groups in total. The zero-order valence-corrected chi connectivity index (χ0v) is 22.0. The Balaban J connectivity index is 2.48.